The predicted molar refractivity (Wildman–Crippen MR) is 116 cm³/mol. The van der Waals surface area contributed by atoms with Crippen LogP contribution in [-0.2, 0) is 4.79 Å². The minimum atomic E-state index is -0.0541. The molecule has 0 spiro atoms. The average molecular weight is 410 g/mol. The molecule has 7 heteroatoms. The molecule has 1 amide bonds. The summed E-state index contributed by atoms with van der Waals surface area (Å²) in [6.45, 7) is 4.03. The molecule has 0 fully saturated rings. The Bertz CT molecular complexity index is 1080. The fourth-order valence-corrected chi connectivity index (χ4v) is 4.82. The van der Waals surface area contributed by atoms with E-state index in [0.717, 1.165) is 33.9 Å². The number of nitrogens with zero attached hydrogens (tertiary/aromatic N) is 2. The van der Waals surface area contributed by atoms with E-state index in [1.807, 2.05) is 61.0 Å². The van der Waals surface area contributed by atoms with Crippen LogP contribution in [0.5, 0.6) is 11.5 Å². The van der Waals surface area contributed by atoms with Crippen LogP contribution >= 0.6 is 11.8 Å². The fraction of sp³-hybridized carbons (Fsp3) is 0.273. The lowest BCUT2D eigenvalue weighted by molar-refractivity contribution is -0.113. The Morgan fingerprint density at radius 1 is 1.10 bits per heavy atom. The van der Waals surface area contributed by atoms with Gasteiger partial charge in [-0.05, 0) is 43.2 Å². The summed E-state index contributed by atoms with van der Waals surface area (Å²) in [5.41, 5.74) is 4.98. The molecule has 1 aliphatic rings. The number of anilines is 1. The summed E-state index contributed by atoms with van der Waals surface area (Å²) in [6, 6.07) is 13.9. The lowest BCUT2D eigenvalue weighted by atomic mass is 10.0. The summed E-state index contributed by atoms with van der Waals surface area (Å²) < 4.78 is 12.7. The minimum absolute atomic E-state index is 0.0334. The van der Waals surface area contributed by atoms with Gasteiger partial charge in [0.1, 0.15) is 5.82 Å². The summed E-state index contributed by atoms with van der Waals surface area (Å²) in [4.78, 5) is 12.5. The van der Waals surface area contributed by atoms with Crippen molar-refractivity contribution in [2.24, 2.45) is 0 Å². The van der Waals surface area contributed by atoms with Crippen LogP contribution in [-0.4, -0.2) is 35.7 Å². The number of fused-ring (bicyclic) bond motifs is 1. The standard InChI is InChI=1S/C22H23N3O3S/c1-13-7-5-6-8-16(13)25-22-20(14(2)24-25)21(29-12-19(26)23-22)15-9-10-17(27-3)18(11-15)28-4/h5-11,21H,12H2,1-4H3,(H,23,26)/t21-/m0/s1. The van der Waals surface area contributed by atoms with Crippen molar-refractivity contribution in [1.82, 2.24) is 9.78 Å². The van der Waals surface area contributed by atoms with Gasteiger partial charge < -0.3 is 14.8 Å². The number of carbonyl (C=O) groups is 1. The molecule has 2 aromatic carbocycles. The number of amides is 1. The number of nitrogens with one attached hydrogen (secondary N) is 1. The third-order valence-electron chi connectivity index (χ3n) is 5.06. The van der Waals surface area contributed by atoms with E-state index in [-0.39, 0.29) is 11.2 Å². The number of thioether (sulfide) groups is 1. The number of ether oxygens (including phenoxy) is 2. The number of carbonyl (C=O) groups excluding carboxylic acids is 1. The van der Waals surface area contributed by atoms with E-state index in [1.165, 1.54) is 0 Å². The van der Waals surface area contributed by atoms with Crippen molar-refractivity contribution in [3.8, 4) is 17.2 Å². The smallest absolute Gasteiger partial charge is 0.235 e. The molecule has 1 atom stereocenters. The Kier molecular flexibility index (Phi) is 5.24. The molecule has 0 bridgehead atoms. The molecular weight excluding hydrogens is 386 g/mol. The van der Waals surface area contributed by atoms with Gasteiger partial charge in [-0.25, -0.2) is 4.68 Å². The first-order chi connectivity index (χ1) is 14.0. The van der Waals surface area contributed by atoms with Gasteiger partial charge in [0.05, 0.1) is 36.6 Å². The van der Waals surface area contributed by atoms with Crippen molar-refractivity contribution >= 4 is 23.5 Å². The molecule has 3 aromatic rings. The van der Waals surface area contributed by atoms with Crippen LogP contribution in [0, 0.1) is 13.8 Å². The summed E-state index contributed by atoms with van der Waals surface area (Å²) in [5.74, 6) is 2.40. The zero-order valence-electron chi connectivity index (χ0n) is 16.9. The fourth-order valence-electron chi connectivity index (χ4n) is 3.64. The highest BCUT2D eigenvalue weighted by Gasteiger charge is 2.31. The van der Waals surface area contributed by atoms with E-state index in [0.29, 0.717) is 17.3 Å². The molecular formula is C22H23N3O3S. The molecule has 4 rings (SSSR count). The normalized spacial score (nSPS) is 16.0. The van der Waals surface area contributed by atoms with Gasteiger partial charge in [-0.1, -0.05) is 24.3 Å². The maximum Gasteiger partial charge on any atom is 0.235 e. The van der Waals surface area contributed by atoms with Gasteiger partial charge in [-0.3, -0.25) is 4.79 Å². The summed E-state index contributed by atoms with van der Waals surface area (Å²) in [6.07, 6.45) is 0. The van der Waals surface area contributed by atoms with Crippen LogP contribution in [0.2, 0.25) is 0 Å². The molecule has 2 heterocycles. The second-order valence-corrected chi connectivity index (χ2v) is 7.99. The maximum absolute atomic E-state index is 12.5. The monoisotopic (exact) mass is 409 g/mol. The number of benzene rings is 2. The van der Waals surface area contributed by atoms with Gasteiger partial charge in [0.25, 0.3) is 0 Å². The largest absolute Gasteiger partial charge is 0.493 e. The summed E-state index contributed by atoms with van der Waals surface area (Å²) in [5, 5.41) is 7.80. The van der Waals surface area contributed by atoms with Gasteiger partial charge in [0, 0.05) is 5.56 Å². The van der Waals surface area contributed by atoms with Crippen LogP contribution in [0.3, 0.4) is 0 Å². The molecule has 1 aromatic heterocycles. The summed E-state index contributed by atoms with van der Waals surface area (Å²) >= 11 is 1.59. The van der Waals surface area contributed by atoms with E-state index >= 15 is 0 Å². The number of hydrogen-bond donors (Lipinski definition) is 1. The van der Waals surface area contributed by atoms with Crippen molar-refractivity contribution in [2.45, 2.75) is 19.1 Å². The number of aromatic nitrogens is 2. The molecule has 1 aliphatic heterocycles. The zero-order valence-corrected chi connectivity index (χ0v) is 17.7. The topological polar surface area (TPSA) is 65.4 Å². The van der Waals surface area contributed by atoms with Gasteiger partial charge in [-0.2, -0.15) is 5.10 Å². The van der Waals surface area contributed by atoms with Crippen LogP contribution in [0.1, 0.15) is 27.6 Å². The van der Waals surface area contributed by atoms with Gasteiger partial charge in [-0.15, -0.1) is 11.8 Å². The van der Waals surface area contributed by atoms with Crippen molar-refractivity contribution in [1.29, 1.82) is 0 Å². The van der Waals surface area contributed by atoms with Gasteiger partial charge in [0.2, 0.25) is 5.91 Å². The Morgan fingerprint density at radius 3 is 2.59 bits per heavy atom. The first-order valence-electron chi connectivity index (χ1n) is 9.32. The zero-order chi connectivity index (χ0) is 20.5. The van der Waals surface area contributed by atoms with Crippen molar-refractivity contribution in [2.75, 3.05) is 25.3 Å². The second kappa shape index (κ2) is 7.83. The third kappa shape index (κ3) is 3.46. The Hall–Kier alpha value is -2.93. The molecule has 150 valence electrons. The van der Waals surface area contributed by atoms with E-state index in [9.17, 15) is 4.79 Å². The second-order valence-electron chi connectivity index (χ2n) is 6.90. The Balaban J connectivity index is 1.89. The highest BCUT2D eigenvalue weighted by Crippen LogP contribution is 2.45. The minimum Gasteiger partial charge on any atom is -0.493 e. The molecule has 0 unspecified atom stereocenters. The Morgan fingerprint density at radius 2 is 1.86 bits per heavy atom. The van der Waals surface area contributed by atoms with Crippen molar-refractivity contribution in [3.05, 3.63) is 64.8 Å². The van der Waals surface area contributed by atoms with E-state index < -0.39 is 0 Å². The molecule has 0 saturated carbocycles. The SMILES string of the molecule is COc1ccc([C@@H]2SCC(=O)Nc3c2c(C)nn3-c2ccccc2C)cc1OC. The average Bonchev–Trinajstić information content (AvgIpc) is 2.93. The number of methoxy groups -OCH3 is 2. The summed E-state index contributed by atoms with van der Waals surface area (Å²) in [7, 11) is 3.24. The first kappa shape index (κ1) is 19.4. The van der Waals surface area contributed by atoms with Crippen LogP contribution in [0.15, 0.2) is 42.5 Å². The number of para-hydroxylation sites is 1. The van der Waals surface area contributed by atoms with Crippen LogP contribution in [0.25, 0.3) is 5.69 Å². The molecule has 6 nitrogen and oxygen atoms in total. The third-order valence-corrected chi connectivity index (χ3v) is 6.33. The number of hydrogen-bond acceptors (Lipinski definition) is 5. The lowest BCUT2D eigenvalue weighted by Gasteiger charge is -2.17. The number of aryl methyl sites for hydroxylation is 2. The maximum atomic E-state index is 12.5. The number of rotatable bonds is 4. The van der Waals surface area contributed by atoms with Crippen molar-refractivity contribution < 1.29 is 14.3 Å². The van der Waals surface area contributed by atoms with Gasteiger partial charge in [0.15, 0.2) is 11.5 Å². The van der Waals surface area contributed by atoms with Crippen molar-refractivity contribution in [3.63, 3.8) is 0 Å². The highest BCUT2D eigenvalue weighted by atomic mass is 32.2. The molecule has 0 radical (unpaired) electrons. The van der Waals surface area contributed by atoms with E-state index in [2.05, 4.69) is 5.32 Å². The molecule has 29 heavy (non-hydrogen) atoms. The first-order valence-corrected chi connectivity index (χ1v) is 10.4. The predicted octanol–water partition coefficient (Wildman–Crippen LogP) is 4.28. The molecule has 0 saturated heterocycles. The van der Waals surface area contributed by atoms with Crippen LogP contribution < -0.4 is 14.8 Å². The molecule has 1 N–H and O–H groups in total. The van der Waals surface area contributed by atoms with Gasteiger partial charge >= 0.3 is 0 Å². The lowest BCUT2D eigenvalue weighted by Crippen LogP contribution is -2.16. The van der Waals surface area contributed by atoms with E-state index in [4.69, 9.17) is 14.6 Å². The quantitative estimate of drug-likeness (QED) is 0.697. The highest BCUT2D eigenvalue weighted by molar-refractivity contribution is 8.00. The molecule has 0 aliphatic carbocycles. The Labute approximate surface area is 174 Å². The van der Waals surface area contributed by atoms with E-state index in [1.54, 1.807) is 26.0 Å². The van der Waals surface area contributed by atoms with Crippen LogP contribution in [0.4, 0.5) is 5.82 Å².